The molecular weight excluding hydrogens is 270 g/mol. The Labute approximate surface area is 126 Å². The first-order valence-electron chi connectivity index (χ1n) is 7.33. The van der Waals surface area contributed by atoms with Crippen molar-refractivity contribution in [3.63, 3.8) is 0 Å². The van der Waals surface area contributed by atoms with Crippen LogP contribution < -0.4 is 5.73 Å². The molecule has 0 atom stereocenters. The van der Waals surface area contributed by atoms with Gasteiger partial charge in [0.1, 0.15) is 4.88 Å². The van der Waals surface area contributed by atoms with E-state index in [0.29, 0.717) is 21.8 Å². The van der Waals surface area contributed by atoms with E-state index in [-0.39, 0.29) is 5.91 Å². The van der Waals surface area contributed by atoms with Gasteiger partial charge in [0, 0.05) is 13.1 Å². The average molecular weight is 297 g/mol. The van der Waals surface area contributed by atoms with Crippen molar-refractivity contribution in [3.05, 3.63) is 10.6 Å². The Morgan fingerprint density at radius 1 is 1.20 bits per heavy atom. The van der Waals surface area contributed by atoms with Gasteiger partial charge in [0.15, 0.2) is 5.13 Å². The molecule has 114 valence electrons. The van der Waals surface area contributed by atoms with Gasteiger partial charge in [0.2, 0.25) is 0 Å². The van der Waals surface area contributed by atoms with Crippen molar-refractivity contribution in [3.8, 4) is 0 Å². The maximum atomic E-state index is 12.6. The topological polar surface area (TPSA) is 59.2 Å². The zero-order chi connectivity index (χ0) is 15.3. The van der Waals surface area contributed by atoms with Crippen LogP contribution in [-0.4, -0.2) is 28.9 Å². The number of carbonyl (C=O) groups excluding carboxylic acids is 1. The van der Waals surface area contributed by atoms with Gasteiger partial charge < -0.3 is 10.6 Å². The second-order valence-corrected chi connectivity index (χ2v) is 7.15. The number of nitrogen functional groups attached to an aromatic ring is 1. The first-order chi connectivity index (χ1) is 9.31. The zero-order valence-electron chi connectivity index (χ0n) is 13.3. The second-order valence-electron chi connectivity index (χ2n) is 6.12. The van der Waals surface area contributed by atoms with Gasteiger partial charge in [0.25, 0.3) is 5.91 Å². The number of hydrogen-bond donors (Lipinski definition) is 1. The van der Waals surface area contributed by atoms with E-state index in [1.54, 1.807) is 0 Å². The van der Waals surface area contributed by atoms with E-state index in [1.165, 1.54) is 11.3 Å². The summed E-state index contributed by atoms with van der Waals surface area (Å²) < 4.78 is 0. The third-order valence-corrected chi connectivity index (χ3v) is 4.22. The molecule has 2 N–H and O–H groups in total. The van der Waals surface area contributed by atoms with Gasteiger partial charge in [-0.2, -0.15) is 0 Å². The van der Waals surface area contributed by atoms with E-state index < -0.39 is 0 Å². The lowest BCUT2D eigenvalue weighted by molar-refractivity contribution is 0.0745. The number of thiazole rings is 1. The number of aryl methyl sites for hydroxylation is 1. The Bertz CT molecular complexity index is 428. The van der Waals surface area contributed by atoms with Gasteiger partial charge in [-0.25, -0.2) is 4.98 Å². The Morgan fingerprint density at radius 2 is 1.70 bits per heavy atom. The van der Waals surface area contributed by atoms with Gasteiger partial charge in [-0.1, -0.05) is 39.0 Å². The van der Waals surface area contributed by atoms with E-state index in [4.69, 9.17) is 5.73 Å². The lowest BCUT2D eigenvalue weighted by Gasteiger charge is -2.24. The van der Waals surface area contributed by atoms with Gasteiger partial charge >= 0.3 is 0 Å². The molecule has 1 aromatic rings. The number of anilines is 1. The fraction of sp³-hybridized carbons (Fsp3) is 0.733. The number of nitrogens with two attached hydrogens (primary N) is 1. The molecule has 1 rings (SSSR count). The lowest BCUT2D eigenvalue weighted by atomic mass is 10.1. The van der Waals surface area contributed by atoms with Crippen LogP contribution in [0, 0.1) is 18.8 Å². The summed E-state index contributed by atoms with van der Waals surface area (Å²) in [4.78, 5) is 19.4. The molecule has 0 aromatic carbocycles. The number of amides is 1. The van der Waals surface area contributed by atoms with Crippen LogP contribution in [0.2, 0.25) is 0 Å². The van der Waals surface area contributed by atoms with Crippen LogP contribution in [0.3, 0.4) is 0 Å². The predicted octanol–water partition coefficient (Wildman–Crippen LogP) is 3.57. The SMILES string of the molecule is Cc1nc(N)sc1C(=O)N(CCC(C)C)CCC(C)C. The van der Waals surface area contributed by atoms with Gasteiger partial charge in [0.05, 0.1) is 5.69 Å². The third-order valence-electron chi connectivity index (χ3n) is 3.25. The maximum absolute atomic E-state index is 12.6. The van der Waals surface area contributed by atoms with E-state index in [0.717, 1.165) is 31.6 Å². The molecule has 0 aliphatic rings. The molecule has 0 aliphatic heterocycles. The molecule has 1 amide bonds. The van der Waals surface area contributed by atoms with E-state index in [9.17, 15) is 4.79 Å². The summed E-state index contributed by atoms with van der Waals surface area (Å²) in [6.45, 7) is 12.2. The summed E-state index contributed by atoms with van der Waals surface area (Å²) in [6, 6.07) is 0. The fourth-order valence-electron chi connectivity index (χ4n) is 1.90. The highest BCUT2D eigenvalue weighted by Crippen LogP contribution is 2.22. The molecule has 5 heteroatoms. The summed E-state index contributed by atoms with van der Waals surface area (Å²) in [5.41, 5.74) is 6.45. The van der Waals surface area contributed by atoms with Crippen LogP contribution in [-0.2, 0) is 0 Å². The first kappa shape index (κ1) is 17.0. The van der Waals surface area contributed by atoms with Crippen molar-refractivity contribution in [2.45, 2.75) is 47.5 Å². The minimum absolute atomic E-state index is 0.0815. The standard InChI is InChI=1S/C15H27N3OS/c1-10(2)6-8-18(9-7-11(3)4)14(19)13-12(5)17-15(16)20-13/h10-11H,6-9H2,1-5H3,(H2,16,17). The minimum Gasteiger partial charge on any atom is -0.375 e. The lowest BCUT2D eigenvalue weighted by Crippen LogP contribution is -2.34. The molecule has 1 aromatic heterocycles. The number of carbonyl (C=O) groups is 1. The Balaban J connectivity index is 2.79. The van der Waals surface area contributed by atoms with Crippen molar-refractivity contribution in [1.82, 2.24) is 9.88 Å². The maximum Gasteiger partial charge on any atom is 0.265 e. The molecule has 0 saturated carbocycles. The van der Waals surface area contributed by atoms with Crippen LogP contribution in [0.15, 0.2) is 0 Å². The fourth-order valence-corrected chi connectivity index (χ4v) is 2.70. The van der Waals surface area contributed by atoms with Crippen LogP contribution in [0.25, 0.3) is 0 Å². The van der Waals surface area contributed by atoms with Crippen molar-refractivity contribution < 1.29 is 4.79 Å². The number of nitrogens with zero attached hydrogens (tertiary/aromatic N) is 2. The summed E-state index contributed by atoms with van der Waals surface area (Å²) >= 11 is 1.29. The summed E-state index contributed by atoms with van der Waals surface area (Å²) in [5, 5.41) is 0.471. The average Bonchev–Trinajstić information content (AvgIpc) is 2.67. The molecule has 0 saturated heterocycles. The predicted molar refractivity (Wildman–Crippen MR) is 86.1 cm³/mol. The third kappa shape index (κ3) is 5.12. The van der Waals surface area contributed by atoms with E-state index >= 15 is 0 Å². The molecular formula is C15H27N3OS. The highest BCUT2D eigenvalue weighted by atomic mass is 32.1. The molecule has 4 nitrogen and oxygen atoms in total. The molecule has 0 radical (unpaired) electrons. The second kappa shape index (κ2) is 7.62. The summed E-state index contributed by atoms with van der Waals surface area (Å²) in [5.74, 6) is 1.27. The van der Waals surface area contributed by atoms with Gasteiger partial charge in [-0.15, -0.1) is 0 Å². The molecule has 1 heterocycles. The number of aromatic nitrogens is 1. The van der Waals surface area contributed by atoms with Crippen LogP contribution in [0.5, 0.6) is 0 Å². The molecule has 0 aliphatic carbocycles. The quantitative estimate of drug-likeness (QED) is 0.837. The molecule has 0 spiro atoms. The Morgan fingerprint density at radius 3 is 2.05 bits per heavy atom. The van der Waals surface area contributed by atoms with E-state index in [1.807, 2.05) is 11.8 Å². The first-order valence-corrected chi connectivity index (χ1v) is 8.15. The smallest absolute Gasteiger partial charge is 0.265 e. The van der Waals surface area contributed by atoms with Crippen molar-refractivity contribution >= 4 is 22.4 Å². The highest BCUT2D eigenvalue weighted by Gasteiger charge is 2.21. The van der Waals surface area contributed by atoms with Gasteiger partial charge in [-0.3, -0.25) is 4.79 Å². The van der Waals surface area contributed by atoms with Crippen LogP contribution in [0.4, 0.5) is 5.13 Å². The van der Waals surface area contributed by atoms with Gasteiger partial charge in [-0.05, 0) is 31.6 Å². The van der Waals surface area contributed by atoms with Crippen molar-refractivity contribution in [2.75, 3.05) is 18.8 Å². The zero-order valence-corrected chi connectivity index (χ0v) is 14.1. The van der Waals surface area contributed by atoms with Crippen molar-refractivity contribution in [2.24, 2.45) is 11.8 Å². The number of hydrogen-bond acceptors (Lipinski definition) is 4. The molecule has 0 bridgehead atoms. The monoisotopic (exact) mass is 297 g/mol. The van der Waals surface area contributed by atoms with E-state index in [2.05, 4.69) is 32.7 Å². The van der Waals surface area contributed by atoms with Crippen LogP contribution >= 0.6 is 11.3 Å². The van der Waals surface area contributed by atoms with Crippen LogP contribution in [0.1, 0.15) is 55.9 Å². The number of rotatable bonds is 7. The molecule has 20 heavy (non-hydrogen) atoms. The highest BCUT2D eigenvalue weighted by molar-refractivity contribution is 7.17. The summed E-state index contributed by atoms with van der Waals surface area (Å²) in [6.07, 6.45) is 2.05. The Hall–Kier alpha value is -1.10. The molecule has 0 fully saturated rings. The molecule has 0 unspecified atom stereocenters. The van der Waals surface area contributed by atoms with Crippen molar-refractivity contribution in [1.29, 1.82) is 0 Å². The Kier molecular flexibility index (Phi) is 6.46. The largest absolute Gasteiger partial charge is 0.375 e. The normalized spacial score (nSPS) is 11.3. The minimum atomic E-state index is 0.0815. The summed E-state index contributed by atoms with van der Waals surface area (Å²) in [7, 11) is 0.